The van der Waals surface area contributed by atoms with E-state index in [0.717, 1.165) is 49.0 Å². The summed E-state index contributed by atoms with van der Waals surface area (Å²) in [7, 11) is 2.16. The molecule has 3 N–H and O–H groups in total. The maximum atomic E-state index is 6.11. The molecule has 180 valence electrons. The number of hydrogen-bond donors (Lipinski definition) is 2. The first-order valence-electron chi connectivity index (χ1n) is 12.0. The SMILES string of the molecule is Cc1cc(-c2cnc(N)c(Oc3cnn(C4CCN(C)CC4)c3)n2)cc(C)c1CNSC1CC1. The Bertz CT molecular complexity index is 1130. The molecule has 2 aliphatic rings. The van der Waals surface area contributed by atoms with Crippen molar-refractivity contribution < 1.29 is 4.74 Å². The predicted molar refractivity (Wildman–Crippen MR) is 137 cm³/mol. The molecule has 2 aromatic heterocycles. The number of ether oxygens (including phenoxy) is 1. The van der Waals surface area contributed by atoms with Crippen molar-refractivity contribution >= 4 is 17.8 Å². The Kier molecular flexibility index (Phi) is 6.76. The van der Waals surface area contributed by atoms with Gasteiger partial charge in [0, 0.05) is 17.4 Å². The van der Waals surface area contributed by atoms with Gasteiger partial charge in [0.1, 0.15) is 0 Å². The third-order valence-electron chi connectivity index (χ3n) is 6.64. The molecule has 3 aromatic rings. The molecular formula is C25H33N7OS. The first kappa shape index (κ1) is 23.1. The normalized spacial score (nSPS) is 17.3. The second kappa shape index (κ2) is 9.93. The molecule has 0 unspecified atom stereocenters. The topological polar surface area (TPSA) is 94.1 Å². The van der Waals surface area contributed by atoms with Crippen LogP contribution in [0.5, 0.6) is 11.6 Å². The number of nitrogens with two attached hydrogens (primary N) is 1. The lowest BCUT2D eigenvalue weighted by Crippen LogP contribution is -2.31. The molecule has 2 fully saturated rings. The van der Waals surface area contributed by atoms with E-state index in [2.05, 4.69) is 52.7 Å². The first-order chi connectivity index (χ1) is 16.5. The van der Waals surface area contributed by atoms with Crippen molar-refractivity contribution in [2.75, 3.05) is 25.9 Å². The minimum atomic E-state index is 0.266. The summed E-state index contributed by atoms with van der Waals surface area (Å²) in [6.45, 7) is 7.31. The van der Waals surface area contributed by atoms with Crippen molar-refractivity contribution in [2.45, 2.75) is 57.4 Å². The van der Waals surface area contributed by atoms with Crippen LogP contribution >= 0.6 is 11.9 Å². The molecule has 0 atom stereocenters. The van der Waals surface area contributed by atoms with E-state index in [1.165, 1.54) is 29.5 Å². The zero-order chi connectivity index (χ0) is 23.7. The molecule has 5 rings (SSSR count). The van der Waals surface area contributed by atoms with Gasteiger partial charge in [0.2, 0.25) is 0 Å². The second-order valence-corrected chi connectivity index (χ2v) is 10.7. The Labute approximate surface area is 205 Å². The van der Waals surface area contributed by atoms with Crippen molar-refractivity contribution in [3.63, 3.8) is 0 Å². The number of anilines is 1. The Hall–Kier alpha value is -2.62. The zero-order valence-electron chi connectivity index (χ0n) is 20.1. The lowest BCUT2D eigenvalue weighted by molar-refractivity contribution is 0.212. The van der Waals surface area contributed by atoms with Gasteiger partial charge in [0.05, 0.1) is 30.3 Å². The fourth-order valence-electron chi connectivity index (χ4n) is 4.38. The van der Waals surface area contributed by atoms with Crippen LogP contribution in [-0.4, -0.2) is 50.0 Å². The quantitative estimate of drug-likeness (QED) is 0.456. The summed E-state index contributed by atoms with van der Waals surface area (Å²) in [6.07, 6.45) is 10.2. The highest BCUT2D eigenvalue weighted by atomic mass is 32.2. The van der Waals surface area contributed by atoms with E-state index >= 15 is 0 Å². The molecular weight excluding hydrogens is 446 g/mol. The molecule has 34 heavy (non-hydrogen) atoms. The van der Waals surface area contributed by atoms with E-state index in [4.69, 9.17) is 15.5 Å². The van der Waals surface area contributed by atoms with E-state index in [0.29, 0.717) is 17.7 Å². The summed E-state index contributed by atoms with van der Waals surface area (Å²) in [6, 6.07) is 4.71. The van der Waals surface area contributed by atoms with Gasteiger partial charge >= 0.3 is 0 Å². The number of benzene rings is 1. The average molecular weight is 480 g/mol. The number of rotatable bonds is 8. The Morgan fingerprint density at radius 2 is 1.85 bits per heavy atom. The van der Waals surface area contributed by atoms with Gasteiger partial charge in [-0.1, -0.05) is 11.9 Å². The molecule has 1 saturated heterocycles. The number of aryl methyl sites for hydroxylation is 2. The van der Waals surface area contributed by atoms with Crippen molar-refractivity contribution in [3.8, 4) is 22.9 Å². The van der Waals surface area contributed by atoms with E-state index in [1.807, 2.05) is 22.8 Å². The number of nitrogens with zero attached hydrogens (tertiary/aromatic N) is 5. The second-order valence-electron chi connectivity index (χ2n) is 9.47. The maximum Gasteiger partial charge on any atom is 0.263 e. The fourth-order valence-corrected chi connectivity index (χ4v) is 5.21. The van der Waals surface area contributed by atoms with Crippen LogP contribution in [0.4, 0.5) is 5.82 Å². The van der Waals surface area contributed by atoms with Gasteiger partial charge in [-0.2, -0.15) is 5.10 Å². The molecule has 8 nitrogen and oxygen atoms in total. The van der Waals surface area contributed by atoms with Gasteiger partial charge < -0.3 is 15.4 Å². The molecule has 1 saturated carbocycles. The molecule has 1 aliphatic heterocycles. The molecule has 0 spiro atoms. The summed E-state index contributed by atoms with van der Waals surface area (Å²) in [5, 5.41) is 5.31. The largest absolute Gasteiger partial charge is 0.433 e. The molecule has 9 heteroatoms. The number of nitrogen functional groups attached to an aromatic ring is 1. The fraction of sp³-hybridized carbons (Fsp3) is 0.480. The van der Waals surface area contributed by atoms with E-state index in [9.17, 15) is 0 Å². The average Bonchev–Trinajstić information content (AvgIpc) is 3.53. The Morgan fingerprint density at radius 1 is 1.12 bits per heavy atom. The summed E-state index contributed by atoms with van der Waals surface area (Å²) < 4.78 is 11.5. The van der Waals surface area contributed by atoms with E-state index in [1.54, 1.807) is 12.4 Å². The number of likely N-dealkylation sites (tertiary alicyclic amines) is 1. The van der Waals surface area contributed by atoms with Gasteiger partial charge in [-0.3, -0.25) is 9.40 Å². The monoisotopic (exact) mass is 479 g/mol. The van der Waals surface area contributed by atoms with Crippen molar-refractivity contribution in [2.24, 2.45) is 0 Å². The predicted octanol–water partition coefficient (Wildman–Crippen LogP) is 4.50. The number of piperidine rings is 1. The summed E-state index contributed by atoms with van der Waals surface area (Å²) in [5.41, 5.74) is 11.7. The van der Waals surface area contributed by atoms with Crippen molar-refractivity contribution in [3.05, 3.63) is 47.4 Å². The Morgan fingerprint density at radius 3 is 2.56 bits per heavy atom. The minimum absolute atomic E-state index is 0.266. The van der Waals surface area contributed by atoms with Gasteiger partial charge in [-0.15, -0.1) is 0 Å². The standard InChI is InChI=1S/C25H33N7OS/c1-16-10-18(11-17(2)22(16)13-29-34-21-4-5-21)23-14-27-24(26)25(30-23)33-20-12-28-32(15-20)19-6-8-31(3)9-7-19/h10-12,14-15,19,21,29H,4-9,13H2,1-3H3,(H2,26,27). The zero-order valence-corrected chi connectivity index (χ0v) is 20.9. The van der Waals surface area contributed by atoms with Crippen LogP contribution in [0.2, 0.25) is 0 Å². The van der Waals surface area contributed by atoms with E-state index in [-0.39, 0.29) is 5.82 Å². The van der Waals surface area contributed by atoms with Gasteiger partial charge in [-0.25, -0.2) is 9.97 Å². The number of hydrogen-bond acceptors (Lipinski definition) is 8. The van der Waals surface area contributed by atoms with Crippen molar-refractivity contribution in [1.29, 1.82) is 0 Å². The number of aromatic nitrogens is 4. The first-order valence-corrected chi connectivity index (χ1v) is 12.9. The summed E-state index contributed by atoms with van der Waals surface area (Å²) >= 11 is 1.86. The van der Waals surface area contributed by atoms with E-state index < -0.39 is 0 Å². The van der Waals surface area contributed by atoms with Crippen molar-refractivity contribution in [1.82, 2.24) is 29.4 Å². The molecule has 0 radical (unpaired) electrons. The minimum Gasteiger partial charge on any atom is -0.433 e. The van der Waals surface area contributed by atoms with Gasteiger partial charge in [0.25, 0.3) is 5.88 Å². The van der Waals surface area contributed by atoms with Crippen LogP contribution in [0.15, 0.2) is 30.7 Å². The molecule has 1 aromatic carbocycles. The smallest absolute Gasteiger partial charge is 0.263 e. The highest BCUT2D eigenvalue weighted by molar-refractivity contribution is 7.98. The molecule has 0 amide bonds. The molecule has 1 aliphatic carbocycles. The third kappa shape index (κ3) is 5.37. The van der Waals surface area contributed by atoms with Crippen LogP contribution in [0.25, 0.3) is 11.3 Å². The van der Waals surface area contributed by atoms with Crippen LogP contribution in [0, 0.1) is 13.8 Å². The van der Waals surface area contributed by atoms with Gasteiger partial charge in [0.15, 0.2) is 11.6 Å². The molecule has 3 heterocycles. The van der Waals surface area contributed by atoms with Crippen LogP contribution in [-0.2, 0) is 6.54 Å². The number of nitrogens with one attached hydrogen (secondary N) is 1. The maximum absolute atomic E-state index is 6.11. The highest BCUT2D eigenvalue weighted by Crippen LogP contribution is 2.33. The molecule has 0 bridgehead atoms. The van der Waals surface area contributed by atoms with Crippen LogP contribution < -0.4 is 15.2 Å². The lowest BCUT2D eigenvalue weighted by Gasteiger charge is -2.28. The van der Waals surface area contributed by atoms with Crippen LogP contribution in [0.3, 0.4) is 0 Å². The summed E-state index contributed by atoms with van der Waals surface area (Å²) in [4.78, 5) is 11.4. The third-order valence-corrected chi connectivity index (χ3v) is 7.75. The summed E-state index contributed by atoms with van der Waals surface area (Å²) in [5.74, 6) is 1.20. The Balaban J connectivity index is 1.31. The highest BCUT2D eigenvalue weighted by Gasteiger charge is 2.22. The lowest BCUT2D eigenvalue weighted by atomic mass is 9.98. The van der Waals surface area contributed by atoms with Crippen LogP contribution in [0.1, 0.15) is 48.4 Å². The van der Waals surface area contributed by atoms with Gasteiger partial charge in [-0.05, 0) is 88.5 Å².